The number of rotatable bonds is 2. The summed E-state index contributed by atoms with van der Waals surface area (Å²) in [6.45, 7) is 1.50. The van der Waals surface area contributed by atoms with Gasteiger partial charge in [0, 0.05) is 16.7 Å². The van der Waals surface area contributed by atoms with E-state index < -0.39 is 0 Å². The fraction of sp³-hybridized carbons (Fsp3) is 0.0385. The summed E-state index contributed by atoms with van der Waals surface area (Å²) in [6, 6.07) is 21.6. The highest BCUT2D eigenvalue weighted by Crippen LogP contribution is 2.33. The van der Waals surface area contributed by atoms with E-state index in [0.717, 1.165) is 16.3 Å². The summed E-state index contributed by atoms with van der Waals surface area (Å²) in [7, 11) is 0. The topological polar surface area (TPSA) is 17.1 Å². The van der Waals surface area contributed by atoms with Crippen LogP contribution in [0.5, 0.6) is 0 Å². The largest absolute Gasteiger partial charge is 0.294 e. The van der Waals surface area contributed by atoms with E-state index in [4.69, 9.17) is 0 Å². The zero-order valence-electron chi connectivity index (χ0n) is 15.7. The second-order valence-corrected chi connectivity index (χ2v) is 6.72. The van der Waals surface area contributed by atoms with Crippen LogP contribution in [0.2, 0.25) is 0 Å². The maximum absolute atomic E-state index is 13.4. The standard InChI is InChI=1S/C26H16F2O/c1-17(29)26-24(15-8-18-6-11-21(27)12-7-18)23-5-3-2-4-20(23)16-25(26)19-9-13-22(28)14-10-19/h2-7,9-14,16H,1H3. The Balaban J connectivity index is 2.01. The van der Waals surface area contributed by atoms with Gasteiger partial charge in [0.2, 0.25) is 0 Å². The molecule has 0 atom stereocenters. The van der Waals surface area contributed by atoms with Crippen molar-refractivity contribution in [2.75, 3.05) is 0 Å². The molecule has 3 heteroatoms. The Hall–Kier alpha value is -3.77. The number of carbonyl (C=O) groups is 1. The smallest absolute Gasteiger partial charge is 0.161 e. The molecule has 0 fully saturated rings. The first kappa shape index (κ1) is 18.6. The zero-order valence-corrected chi connectivity index (χ0v) is 15.7. The number of benzene rings is 4. The summed E-state index contributed by atoms with van der Waals surface area (Å²) in [4.78, 5) is 12.6. The van der Waals surface area contributed by atoms with E-state index in [1.165, 1.54) is 31.2 Å². The lowest BCUT2D eigenvalue weighted by molar-refractivity contribution is 0.101. The molecule has 0 aliphatic carbocycles. The molecule has 4 rings (SSSR count). The summed E-state index contributed by atoms with van der Waals surface area (Å²) in [5.41, 5.74) is 3.20. The minimum atomic E-state index is -0.338. The summed E-state index contributed by atoms with van der Waals surface area (Å²) in [6.07, 6.45) is 0. The molecule has 0 aliphatic heterocycles. The van der Waals surface area contributed by atoms with Crippen molar-refractivity contribution in [1.29, 1.82) is 0 Å². The van der Waals surface area contributed by atoms with Crippen LogP contribution in [-0.4, -0.2) is 5.78 Å². The van der Waals surface area contributed by atoms with Crippen LogP contribution in [0.3, 0.4) is 0 Å². The normalized spacial score (nSPS) is 10.4. The number of hydrogen-bond donors (Lipinski definition) is 0. The van der Waals surface area contributed by atoms with Gasteiger partial charge in [0.25, 0.3) is 0 Å². The van der Waals surface area contributed by atoms with Gasteiger partial charge in [0.05, 0.1) is 0 Å². The highest BCUT2D eigenvalue weighted by Gasteiger charge is 2.17. The van der Waals surface area contributed by atoms with Gasteiger partial charge in [-0.1, -0.05) is 48.2 Å². The quantitative estimate of drug-likeness (QED) is 0.290. The predicted molar refractivity (Wildman–Crippen MR) is 112 cm³/mol. The molecule has 1 nitrogen and oxygen atoms in total. The van der Waals surface area contributed by atoms with Crippen LogP contribution in [0.1, 0.15) is 28.4 Å². The molecule has 0 aliphatic rings. The second kappa shape index (κ2) is 7.69. The lowest BCUT2D eigenvalue weighted by atomic mass is 9.88. The van der Waals surface area contributed by atoms with Gasteiger partial charge >= 0.3 is 0 Å². The molecule has 0 spiro atoms. The second-order valence-electron chi connectivity index (χ2n) is 6.72. The van der Waals surface area contributed by atoms with Crippen LogP contribution < -0.4 is 0 Å². The van der Waals surface area contributed by atoms with E-state index in [1.54, 1.807) is 24.3 Å². The summed E-state index contributed by atoms with van der Waals surface area (Å²) >= 11 is 0. The molecule has 0 heterocycles. The van der Waals surface area contributed by atoms with E-state index in [-0.39, 0.29) is 17.4 Å². The van der Waals surface area contributed by atoms with Crippen molar-refractivity contribution >= 4 is 16.6 Å². The molecule has 0 unspecified atom stereocenters. The van der Waals surface area contributed by atoms with Gasteiger partial charge in [-0.3, -0.25) is 4.79 Å². The molecule has 140 valence electrons. The minimum absolute atomic E-state index is 0.126. The molecule has 4 aromatic carbocycles. The molecule has 4 aromatic rings. The van der Waals surface area contributed by atoms with Gasteiger partial charge in [-0.25, -0.2) is 8.78 Å². The molecule has 0 bridgehead atoms. The average Bonchev–Trinajstić information content (AvgIpc) is 2.73. The van der Waals surface area contributed by atoms with E-state index in [9.17, 15) is 13.6 Å². The number of carbonyl (C=O) groups excluding carboxylic acids is 1. The van der Waals surface area contributed by atoms with E-state index in [0.29, 0.717) is 22.3 Å². The van der Waals surface area contributed by atoms with Crippen molar-refractivity contribution in [2.45, 2.75) is 6.92 Å². The highest BCUT2D eigenvalue weighted by molar-refractivity contribution is 6.09. The van der Waals surface area contributed by atoms with E-state index in [1.807, 2.05) is 30.3 Å². The van der Waals surface area contributed by atoms with Crippen LogP contribution in [0.25, 0.3) is 21.9 Å². The Morgan fingerprint density at radius 2 is 1.41 bits per heavy atom. The minimum Gasteiger partial charge on any atom is -0.294 e. The Morgan fingerprint density at radius 3 is 2.07 bits per heavy atom. The predicted octanol–water partition coefficient (Wildman–Crippen LogP) is 6.39. The Morgan fingerprint density at radius 1 is 0.793 bits per heavy atom. The van der Waals surface area contributed by atoms with E-state index >= 15 is 0 Å². The molecular weight excluding hydrogens is 366 g/mol. The van der Waals surface area contributed by atoms with Crippen molar-refractivity contribution in [3.8, 4) is 23.0 Å². The molecule has 0 N–H and O–H groups in total. The van der Waals surface area contributed by atoms with Gasteiger partial charge < -0.3 is 0 Å². The van der Waals surface area contributed by atoms with Crippen molar-refractivity contribution in [1.82, 2.24) is 0 Å². The monoisotopic (exact) mass is 382 g/mol. The van der Waals surface area contributed by atoms with Gasteiger partial charge in [-0.05, 0) is 71.3 Å². The van der Waals surface area contributed by atoms with Gasteiger partial charge in [-0.2, -0.15) is 0 Å². The Kier molecular flexibility index (Phi) is 4.93. The molecule has 0 saturated carbocycles. The highest BCUT2D eigenvalue weighted by atomic mass is 19.1. The fourth-order valence-electron chi connectivity index (χ4n) is 3.37. The fourth-order valence-corrected chi connectivity index (χ4v) is 3.37. The number of hydrogen-bond acceptors (Lipinski definition) is 1. The Bertz CT molecular complexity index is 1270. The first-order valence-corrected chi connectivity index (χ1v) is 9.13. The first-order chi connectivity index (χ1) is 14.0. The molecular formula is C26H16F2O. The van der Waals surface area contributed by atoms with Crippen LogP contribution in [0.15, 0.2) is 78.9 Å². The lowest BCUT2D eigenvalue weighted by Gasteiger charge is -2.13. The lowest BCUT2D eigenvalue weighted by Crippen LogP contribution is -2.02. The molecule has 0 saturated heterocycles. The van der Waals surface area contributed by atoms with Crippen molar-refractivity contribution in [3.63, 3.8) is 0 Å². The molecule has 0 radical (unpaired) electrons. The van der Waals surface area contributed by atoms with Gasteiger partial charge in [0.1, 0.15) is 11.6 Å². The average molecular weight is 382 g/mol. The number of ketones is 1. The summed E-state index contributed by atoms with van der Waals surface area (Å²) in [5.74, 6) is 5.37. The molecule has 0 amide bonds. The third-order valence-corrected chi connectivity index (χ3v) is 4.73. The third kappa shape index (κ3) is 3.79. The maximum atomic E-state index is 13.4. The van der Waals surface area contributed by atoms with Crippen molar-refractivity contribution in [3.05, 3.63) is 107 Å². The van der Waals surface area contributed by atoms with Crippen molar-refractivity contribution < 1.29 is 13.6 Å². The van der Waals surface area contributed by atoms with E-state index in [2.05, 4.69) is 11.8 Å². The SMILES string of the molecule is CC(=O)c1c(-c2ccc(F)cc2)cc2ccccc2c1C#Cc1ccc(F)cc1. The van der Waals surface area contributed by atoms with Gasteiger partial charge in [0.15, 0.2) is 5.78 Å². The van der Waals surface area contributed by atoms with Gasteiger partial charge in [-0.15, -0.1) is 0 Å². The maximum Gasteiger partial charge on any atom is 0.161 e. The third-order valence-electron chi connectivity index (χ3n) is 4.73. The van der Waals surface area contributed by atoms with Crippen LogP contribution >= 0.6 is 0 Å². The first-order valence-electron chi connectivity index (χ1n) is 9.13. The van der Waals surface area contributed by atoms with Crippen molar-refractivity contribution in [2.24, 2.45) is 0 Å². The summed E-state index contributed by atoms with van der Waals surface area (Å²) in [5, 5.41) is 1.79. The number of halogens is 2. The van der Waals surface area contributed by atoms with Crippen LogP contribution in [0, 0.1) is 23.5 Å². The number of Topliss-reactive ketones (excluding diaryl/α,β-unsaturated/α-hetero) is 1. The molecule has 0 aromatic heterocycles. The van der Waals surface area contributed by atoms with Crippen LogP contribution in [0.4, 0.5) is 8.78 Å². The summed E-state index contributed by atoms with van der Waals surface area (Å²) < 4.78 is 26.6. The zero-order chi connectivity index (χ0) is 20.4. The van der Waals surface area contributed by atoms with Crippen LogP contribution in [-0.2, 0) is 0 Å². The Labute approximate surface area is 167 Å². The molecule has 29 heavy (non-hydrogen) atoms. The number of fused-ring (bicyclic) bond motifs is 1.